The predicted octanol–water partition coefficient (Wildman–Crippen LogP) is 3.34. The SMILES string of the molecule is CCOCCCN=C1NC(=O)[C@@H](CC(=O)Nc2cc(Cl)cc(Cl)c2)S1. The Kier molecular flexibility index (Phi) is 8.02. The van der Waals surface area contributed by atoms with Crippen molar-refractivity contribution >= 4 is 57.6 Å². The number of hydrogen-bond acceptors (Lipinski definition) is 5. The first-order chi connectivity index (χ1) is 12.0. The lowest BCUT2D eigenvalue weighted by Crippen LogP contribution is -2.28. The summed E-state index contributed by atoms with van der Waals surface area (Å²) in [6, 6.07) is 4.77. The first-order valence-corrected chi connectivity index (χ1v) is 9.47. The van der Waals surface area contributed by atoms with Gasteiger partial charge in [0.2, 0.25) is 11.8 Å². The van der Waals surface area contributed by atoms with Gasteiger partial charge in [-0.3, -0.25) is 14.6 Å². The summed E-state index contributed by atoms with van der Waals surface area (Å²) < 4.78 is 5.23. The second-order valence-corrected chi connectivity index (χ2v) is 7.31. The van der Waals surface area contributed by atoms with E-state index in [9.17, 15) is 9.59 Å². The highest BCUT2D eigenvalue weighted by Gasteiger charge is 2.31. The molecule has 136 valence electrons. The van der Waals surface area contributed by atoms with Gasteiger partial charge in [-0.15, -0.1) is 0 Å². The van der Waals surface area contributed by atoms with Crippen LogP contribution < -0.4 is 10.6 Å². The van der Waals surface area contributed by atoms with Gasteiger partial charge < -0.3 is 15.4 Å². The Morgan fingerprint density at radius 2 is 2.08 bits per heavy atom. The van der Waals surface area contributed by atoms with Crippen molar-refractivity contribution < 1.29 is 14.3 Å². The molecule has 1 aliphatic rings. The number of nitrogens with zero attached hydrogens (tertiary/aromatic N) is 1. The summed E-state index contributed by atoms with van der Waals surface area (Å²) in [6.45, 7) is 3.82. The Morgan fingerprint density at radius 3 is 2.76 bits per heavy atom. The lowest BCUT2D eigenvalue weighted by molar-refractivity contribution is -0.122. The highest BCUT2D eigenvalue weighted by Crippen LogP contribution is 2.25. The number of thioether (sulfide) groups is 1. The number of rotatable bonds is 8. The molecule has 0 saturated carbocycles. The third-order valence-electron chi connectivity index (χ3n) is 3.20. The summed E-state index contributed by atoms with van der Waals surface area (Å²) >= 11 is 13.1. The third-order valence-corrected chi connectivity index (χ3v) is 4.76. The molecule has 25 heavy (non-hydrogen) atoms. The van der Waals surface area contributed by atoms with Crippen molar-refractivity contribution in [3.8, 4) is 0 Å². The lowest BCUT2D eigenvalue weighted by atomic mass is 10.2. The molecule has 2 rings (SSSR count). The lowest BCUT2D eigenvalue weighted by Gasteiger charge is -2.08. The second-order valence-electron chi connectivity index (χ2n) is 5.24. The van der Waals surface area contributed by atoms with Crippen LogP contribution in [-0.4, -0.2) is 42.0 Å². The molecular formula is C16H19Cl2N3O3S. The minimum Gasteiger partial charge on any atom is -0.382 e. The van der Waals surface area contributed by atoms with Crippen LogP contribution in [0, 0.1) is 0 Å². The Bertz CT molecular complexity index is 650. The molecule has 9 heteroatoms. The van der Waals surface area contributed by atoms with Crippen LogP contribution >= 0.6 is 35.0 Å². The van der Waals surface area contributed by atoms with Crippen LogP contribution in [0.1, 0.15) is 19.8 Å². The number of ether oxygens (including phenoxy) is 1. The quantitative estimate of drug-likeness (QED) is 0.652. The van der Waals surface area contributed by atoms with Crippen LogP contribution in [0.5, 0.6) is 0 Å². The normalized spacial score (nSPS) is 18.4. The predicted molar refractivity (Wildman–Crippen MR) is 103 cm³/mol. The van der Waals surface area contributed by atoms with E-state index in [1.807, 2.05) is 6.92 Å². The fraction of sp³-hybridized carbons (Fsp3) is 0.438. The molecule has 0 radical (unpaired) electrons. The minimum absolute atomic E-state index is 0.0403. The smallest absolute Gasteiger partial charge is 0.240 e. The van der Waals surface area contributed by atoms with Crippen LogP contribution in [0.25, 0.3) is 0 Å². The molecule has 1 heterocycles. The molecule has 1 atom stereocenters. The molecule has 0 bridgehead atoms. The molecule has 0 unspecified atom stereocenters. The van der Waals surface area contributed by atoms with E-state index in [1.165, 1.54) is 11.8 Å². The van der Waals surface area contributed by atoms with Crippen molar-refractivity contribution in [2.75, 3.05) is 25.1 Å². The molecule has 1 saturated heterocycles. The van der Waals surface area contributed by atoms with Crippen molar-refractivity contribution in [2.24, 2.45) is 4.99 Å². The summed E-state index contributed by atoms with van der Waals surface area (Å²) in [7, 11) is 0. The first-order valence-electron chi connectivity index (χ1n) is 7.83. The highest BCUT2D eigenvalue weighted by molar-refractivity contribution is 8.15. The molecule has 2 amide bonds. The largest absolute Gasteiger partial charge is 0.382 e. The Balaban J connectivity index is 1.82. The Morgan fingerprint density at radius 1 is 1.36 bits per heavy atom. The van der Waals surface area contributed by atoms with E-state index in [-0.39, 0.29) is 18.2 Å². The van der Waals surface area contributed by atoms with Crippen molar-refractivity contribution in [3.63, 3.8) is 0 Å². The molecule has 0 spiro atoms. The monoisotopic (exact) mass is 403 g/mol. The van der Waals surface area contributed by atoms with Gasteiger partial charge in [-0.25, -0.2) is 0 Å². The van der Waals surface area contributed by atoms with Gasteiger partial charge in [0.15, 0.2) is 5.17 Å². The van der Waals surface area contributed by atoms with Crippen molar-refractivity contribution in [1.82, 2.24) is 5.32 Å². The topological polar surface area (TPSA) is 79.8 Å². The molecule has 1 aliphatic heterocycles. The molecule has 2 N–H and O–H groups in total. The highest BCUT2D eigenvalue weighted by atomic mass is 35.5. The van der Waals surface area contributed by atoms with Crippen LogP contribution in [0.15, 0.2) is 23.2 Å². The van der Waals surface area contributed by atoms with E-state index in [0.29, 0.717) is 40.7 Å². The Hall–Kier alpha value is -1.28. The number of halogens is 2. The second kappa shape index (κ2) is 10.0. The summed E-state index contributed by atoms with van der Waals surface area (Å²) in [6.07, 6.45) is 0.826. The summed E-state index contributed by atoms with van der Waals surface area (Å²) in [5.74, 6) is -0.503. The number of carbonyl (C=O) groups is 2. The number of hydrogen-bond donors (Lipinski definition) is 2. The minimum atomic E-state index is -0.500. The van der Waals surface area contributed by atoms with Gasteiger partial charge in [0.1, 0.15) is 5.25 Å². The maximum Gasteiger partial charge on any atom is 0.240 e. The van der Waals surface area contributed by atoms with E-state index in [1.54, 1.807) is 18.2 Å². The fourth-order valence-corrected chi connectivity index (χ4v) is 3.63. The molecule has 1 fully saturated rings. The summed E-state index contributed by atoms with van der Waals surface area (Å²) in [4.78, 5) is 28.4. The molecule has 0 aromatic heterocycles. The van der Waals surface area contributed by atoms with Crippen LogP contribution in [0.2, 0.25) is 10.0 Å². The zero-order valence-corrected chi connectivity index (χ0v) is 16.0. The number of amidine groups is 1. The molecule has 0 aliphatic carbocycles. The van der Waals surface area contributed by atoms with Crippen molar-refractivity contribution in [1.29, 1.82) is 0 Å². The molecule has 6 nitrogen and oxygen atoms in total. The zero-order chi connectivity index (χ0) is 18.2. The summed E-state index contributed by atoms with van der Waals surface area (Å²) in [5.41, 5.74) is 0.496. The van der Waals surface area contributed by atoms with Gasteiger partial charge in [0.25, 0.3) is 0 Å². The van der Waals surface area contributed by atoms with E-state index in [0.717, 1.165) is 6.42 Å². The van der Waals surface area contributed by atoms with Crippen LogP contribution in [-0.2, 0) is 14.3 Å². The Labute approximate surface area is 160 Å². The summed E-state index contributed by atoms with van der Waals surface area (Å²) in [5, 5.41) is 6.29. The van der Waals surface area contributed by atoms with Gasteiger partial charge in [-0.1, -0.05) is 35.0 Å². The average Bonchev–Trinajstić information content (AvgIpc) is 2.85. The maximum absolute atomic E-state index is 12.1. The number of carbonyl (C=O) groups excluding carboxylic acids is 2. The number of anilines is 1. The van der Waals surface area contributed by atoms with Gasteiger partial charge in [-0.2, -0.15) is 0 Å². The molecule has 1 aromatic carbocycles. The van der Waals surface area contributed by atoms with Crippen molar-refractivity contribution in [2.45, 2.75) is 25.0 Å². The van der Waals surface area contributed by atoms with Gasteiger partial charge >= 0.3 is 0 Å². The number of benzene rings is 1. The van der Waals surface area contributed by atoms with Crippen LogP contribution in [0.4, 0.5) is 5.69 Å². The van der Waals surface area contributed by atoms with Gasteiger partial charge in [-0.05, 0) is 31.5 Å². The van der Waals surface area contributed by atoms with E-state index in [2.05, 4.69) is 15.6 Å². The average molecular weight is 404 g/mol. The molecule has 1 aromatic rings. The standard InChI is InChI=1S/C16H19Cl2N3O3S/c1-2-24-5-3-4-19-16-21-15(23)13(25-16)9-14(22)20-12-7-10(17)6-11(18)8-12/h6-8,13H,2-5,9H2,1H3,(H,20,22)(H,19,21,23)/t13-/m1/s1. The number of amides is 2. The fourth-order valence-electron chi connectivity index (χ4n) is 2.11. The van der Waals surface area contributed by atoms with Crippen molar-refractivity contribution in [3.05, 3.63) is 28.2 Å². The van der Waals surface area contributed by atoms with E-state index in [4.69, 9.17) is 27.9 Å². The maximum atomic E-state index is 12.1. The number of aliphatic imine (C=N–C) groups is 1. The van der Waals surface area contributed by atoms with Gasteiger partial charge in [0.05, 0.1) is 0 Å². The third kappa shape index (κ3) is 6.86. The zero-order valence-electron chi connectivity index (χ0n) is 13.7. The molecular weight excluding hydrogens is 385 g/mol. The first kappa shape index (κ1) is 20.0. The van der Waals surface area contributed by atoms with E-state index >= 15 is 0 Å². The van der Waals surface area contributed by atoms with Gasteiger partial charge in [0, 0.05) is 41.9 Å². The van der Waals surface area contributed by atoms with Crippen LogP contribution in [0.3, 0.4) is 0 Å². The van der Waals surface area contributed by atoms with E-state index < -0.39 is 5.25 Å². The number of nitrogens with one attached hydrogen (secondary N) is 2.